The number of hydrogen-bond acceptors (Lipinski definition) is 1. The van der Waals surface area contributed by atoms with Gasteiger partial charge >= 0.3 is 0 Å². The molecule has 2 unspecified atom stereocenters. The lowest BCUT2D eigenvalue weighted by Crippen LogP contribution is -2.43. The van der Waals surface area contributed by atoms with Gasteiger partial charge in [-0.05, 0) is 43.4 Å². The average molecular weight is 252 g/mol. The van der Waals surface area contributed by atoms with E-state index in [1.54, 1.807) is 0 Å². The van der Waals surface area contributed by atoms with Crippen molar-refractivity contribution in [2.45, 2.75) is 90.1 Å². The second-order valence-corrected chi connectivity index (χ2v) is 7.24. The van der Waals surface area contributed by atoms with Crippen LogP contribution in [-0.2, 0) is 0 Å². The molecule has 2 saturated carbocycles. The van der Waals surface area contributed by atoms with Crippen LogP contribution in [0.2, 0.25) is 0 Å². The van der Waals surface area contributed by atoms with Gasteiger partial charge in [0.25, 0.3) is 0 Å². The standard InChI is InChI=1S/C17H32O/c1-14(2)16-10-6-7-12-17(16,18)13-11-15-8-4-3-5-9-15/h14-16,18H,3-13H2,1-2H3. The summed E-state index contributed by atoms with van der Waals surface area (Å²) in [6.07, 6.45) is 14.4. The highest BCUT2D eigenvalue weighted by atomic mass is 16.3. The van der Waals surface area contributed by atoms with Crippen molar-refractivity contribution in [1.29, 1.82) is 0 Å². The van der Waals surface area contributed by atoms with Gasteiger partial charge < -0.3 is 5.11 Å². The zero-order valence-electron chi connectivity index (χ0n) is 12.5. The summed E-state index contributed by atoms with van der Waals surface area (Å²) < 4.78 is 0. The Kier molecular flexibility index (Phi) is 5.12. The molecule has 0 radical (unpaired) electrons. The van der Waals surface area contributed by atoms with Gasteiger partial charge in [-0.25, -0.2) is 0 Å². The summed E-state index contributed by atoms with van der Waals surface area (Å²) in [5.74, 6) is 2.11. The van der Waals surface area contributed by atoms with E-state index in [0.29, 0.717) is 11.8 Å². The molecule has 1 nitrogen and oxygen atoms in total. The second kappa shape index (κ2) is 6.41. The molecule has 0 aromatic heterocycles. The highest BCUT2D eigenvalue weighted by Gasteiger charge is 2.40. The molecule has 0 aliphatic heterocycles. The summed E-state index contributed by atoms with van der Waals surface area (Å²) in [7, 11) is 0. The summed E-state index contributed by atoms with van der Waals surface area (Å²) in [5.41, 5.74) is -0.330. The molecular formula is C17H32O. The summed E-state index contributed by atoms with van der Waals surface area (Å²) in [6.45, 7) is 4.59. The van der Waals surface area contributed by atoms with Crippen molar-refractivity contribution < 1.29 is 5.11 Å². The average Bonchev–Trinajstić information content (AvgIpc) is 2.38. The summed E-state index contributed by atoms with van der Waals surface area (Å²) in [4.78, 5) is 0. The number of hydrogen-bond donors (Lipinski definition) is 1. The van der Waals surface area contributed by atoms with E-state index < -0.39 is 0 Å². The van der Waals surface area contributed by atoms with Crippen LogP contribution in [0.15, 0.2) is 0 Å². The fraction of sp³-hybridized carbons (Fsp3) is 1.00. The van der Waals surface area contributed by atoms with Gasteiger partial charge in [0.1, 0.15) is 0 Å². The van der Waals surface area contributed by atoms with Gasteiger partial charge in [-0.2, -0.15) is 0 Å². The van der Waals surface area contributed by atoms with Crippen molar-refractivity contribution >= 4 is 0 Å². The van der Waals surface area contributed by atoms with Gasteiger partial charge in [-0.3, -0.25) is 0 Å². The van der Waals surface area contributed by atoms with Crippen molar-refractivity contribution in [2.75, 3.05) is 0 Å². The smallest absolute Gasteiger partial charge is 0.0678 e. The lowest BCUT2D eigenvalue weighted by molar-refractivity contribution is -0.0761. The van der Waals surface area contributed by atoms with Crippen LogP contribution >= 0.6 is 0 Å². The molecule has 0 aromatic carbocycles. The lowest BCUT2D eigenvalue weighted by atomic mass is 9.67. The van der Waals surface area contributed by atoms with Crippen LogP contribution in [0.1, 0.15) is 84.5 Å². The second-order valence-electron chi connectivity index (χ2n) is 7.24. The maximum atomic E-state index is 11.0. The van der Waals surface area contributed by atoms with E-state index >= 15 is 0 Å². The summed E-state index contributed by atoms with van der Waals surface area (Å²) in [5, 5.41) is 11.0. The Morgan fingerprint density at radius 3 is 2.33 bits per heavy atom. The van der Waals surface area contributed by atoms with E-state index in [0.717, 1.165) is 18.8 Å². The third-order valence-corrected chi connectivity index (χ3v) is 5.58. The van der Waals surface area contributed by atoms with Gasteiger partial charge in [0.05, 0.1) is 5.60 Å². The zero-order valence-corrected chi connectivity index (χ0v) is 12.5. The Labute approximate surface area is 113 Å². The van der Waals surface area contributed by atoms with Crippen molar-refractivity contribution in [2.24, 2.45) is 17.8 Å². The van der Waals surface area contributed by atoms with Gasteiger partial charge in [0.2, 0.25) is 0 Å². The maximum absolute atomic E-state index is 11.0. The monoisotopic (exact) mass is 252 g/mol. The van der Waals surface area contributed by atoms with Crippen molar-refractivity contribution in [3.8, 4) is 0 Å². The Balaban J connectivity index is 1.87. The molecule has 0 heterocycles. The third-order valence-electron chi connectivity index (χ3n) is 5.58. The van der Waals surface area contributed by atoms with Gasteiger partial charge in [0.15, 0.2) is 0 Å². The van der Waals surface area contributed by atoms with Crippen LogP contribution in [0.3, 0.4) is 0 Å². The van der Waals surface area contributed by atoms with Crippen molar-refractivity contribution in [3.63, 3.8) is 0 Å². The molecule has 18 heavy (non-hydrogen) atoms. The van der Waals surface area contributed by atoms with Crippen LogP contribution < -0.4 is 0 Å². The lowest BCUT2D eigenvalue weighted by Gasteiger charge is -2.43. The minimum absolute atomic E-state index is 0.330. The maximum Gasteiger partial charge on any atom is 0.0678 e. The largest absolute Gasteiger partial charge is 0.390 e. The first-order valence-electron chi connectivity index (χ1n) is 8.34. The van der Waals surface area contributed by atoms with E-state index in [1.807, 2.05) is 0 Å². The van der Waals surface area contributed by atoms with Crippen LogP contribution in [0.25, 0.3) is 0 Å². The molecule has 2 aliphatic rings. The summed E-state index contributed by atoms with van der Waals surface area (Å²) >= 11 is 0. The molecule has 0 aromatic rings. The van der Waals surface area contributed by atoms with Crippen LogP contribution in [0.4, 0.5) is 0 Å². The van der Waals surface area contributed by atoms with Crippen LogP contribution in [0, 0.1) is 17.8 Å². The normalized spacial score (nSPS) is 35.0. The summed E-state index contributed by atoms with van der Waals surface area (Å²) in [6, 6.07) is 0. The van der Waals surface area contributed by atoms with Gasteiger partial charge in [0, 0.05) is 0 Å². The molecule has 106 valence electrons. The predicted octanol–water partition coefficient (Wildman–Crippen LogP) is 4.92. The molecule has 2 atom stereocenters. The van der Waals surface area contributed by atoms with E-state index in [9.17, 15) is 5.11 Å². The Morgan fingerprint density at radius 2 is 1.67 bits per heavy atom. The molecule has 0 amide bonds. The van der Waals surface area contributed by atoms with Gasteiger partial charge in [-0.1, -0.05) is 58.8 Å². The first-order chi connectivity index (χ1) is 8.62. The van der Waals surface area contributed by atoms with Crippen molar-refractivity contribution in [1.82, 2.24) is 0 Å². The van der Waals surface area contributed by atoms with E-state index in [4.69, 9.17) is 0 Å². The third kappa shape index (κ3) is 3.50. The predicted molar refractivity (Wildman–Crippen MR) is 77.6 cm³/mol. The Hall–Kier alpha value is -0.0400. The fourth-order valence-electron chi connectivity index (χ4n) is 4.44. The van der Waals surface area contributed by atoms with E-state index in [-0.39, 0.29) is 5.60 Å². The number of aliphatic hydroxyl groups is 1. The first kappa shape index (κ1) is 14.4. The van der Waals surface area contributed by atoms with Crippen LogP contribution in [0.5, 0.6) is 0 Å². The quantitative estimate of drug-likeness (QED) is 0.752. The molecular weight excluding hydrogens is 220 g/mol. The highest BCUT2D eigenvalue weighted by molar-refractivity contribution is 4.92. The van der Waals surface area contributed by atoms with Crippen molar-refractivity contribution in [3.05, 3.63) is 0 Å². The zero-order chi connectivity index (χ0) is 13.0. The van der Waals surface area contributed by atoms with Gasteiger partial charge in [-0.15, -0.1) is 0 Å². The van der Waals surface area contributed by atoms with Crippen LogP contribution in [-0.4, -0.2) is 10.7 Å². The minimum atomic E-state index is -0.330. The fourth-order valence-corrected chi connectivity index (χ4v) is 4.44. The molecule has 2 rings (SSSR count). The highest BCUT2D eigenvalue weighted by Crippen LogP contribution is 2.42. The molecule has 0 spiro atoms. The SMILES string of the molecule is CC(C)C1CCCCC1(O)CCC1CCCCC1. The van der Waals surface area contributed by atoms with E-state index in [2.05, 4.69) is 13.8 Å². The molecule has 1 heteroatoms. The topological polar surface area (TPSA) is 20.2 Å². The molecule has 0 bridgehead atoms. The number of rotatable bonds is 4. The first-order valence-corrected chi connectivity index (χ1v) is 8.34. The molecule has 0 saturated heterocycles. The Bertz CT molecular complexity index is 242. The molecule has 1 N–H and O–H groups in total. The molecule has 2 aliphatic carbocycles. The minimum Gasteiger partial charge on any atom is -0.390 e. The molecule has 2 fully saturated rings. The Morgan fingerprint density at radius 1 is 1.00 bits per heavy atom. The van der Waals surface area contributed by atoms with E-state index in [1.165, 1.54) is 57.8 Å².